The molecule has 0 heterocycles. The van der Waals surface area contributed by atoms with Crippen LogP contribution in [0.4, 0.5) is 5.69 Å². The van der Waals surface area contributed by atoms with E-state index in [1.54, 1.807) is 0 Å². The van der Waals surface area contributed by atoms with Crippen LogP contribution in [0.1, 0.15) is 28.4 Å². The minimum absolute atomic E-state index is 0.0979. The largest absolute Gasteiger partial charge is 0.378 e. The molecule has 3 aromatic carbocycles. The maximum absolute atomic E-state index is 12.8. The molecule has 0 radical (unpaired) electrons. The number of anilines is 1. The molecule has 1 unspecified atom stereocenters. The summed E-state index contributed by atoms with van der Waals surface area (Å²) >= 11 is 9.17. The minimum Gasteiger partial charge on any atom is -0.378 e. The summed E-state index contributed by atoms with van der Waals surface area (Å²) in [6, 6.07) is 23.7. The molecular formula is C21H16Br2INO. The lowest BCUT2D eigenvalue weighted by atomic mass is 9.97. The summed E-state index contributed by atoms with van der Waals surface area (Å²) in [4.78, 5) is 12.8. The summed E-state index contributed by atoms with van der Waals surface area (Å²) in [5, 5.41) is 3.51. The molecule has 0 aliphatic heterocycles. The molecule has 0 aliphatic rings. The number of hydrogen-bond donors (Lipinski definition) is 1. The van der Waals surface area contributed by atoms with Crippen LogP contribution in [0.15, 0.2) is 81.7 Å². The van der Waals surface area contributed by atoms with Crippen molar-refractivity contribution >= 4 is 65.9 Å². The maximum Gasteiger partial charge on any atom is 0.165 e. The second kappa shape index (κ2) is 9.15. The van der Waals surface area contributed by atoms with Gasteiger partial charge in [0.15, 0.2) is 5.78 Å². The highest BCUT2D eigenvalue weighted by molar-refractivity contribution is 14.1. The van der Waals surface area contributed by atoms with Crippen LogP contribution in [0, 0.1) is 3.57 Å². The van der Waals surface area contributed by atoms with E-state index >= 15 is 0 Å². The molecule has 0 fully saturated rings. The molecule has 132 valence electrons. The highest BCUT2D eigenvalue weighted by atomic mass is 127. The lowest BCUT2D eigenvalue weighted by Crippen LogP contribution is -2.16. The standard InChI is InChI=1S/C21H16Br2INO/c22-16-5-1-14(2-6-16)20(25-19-11-9-18(24)10-12-19)13-21(26)15-3-7-17(23)8-4-15/h1-12,20,25H,13H2. The van der Waals surface area contributed by atoms with Crippen LogP contribution >= 0.6 is 54.5 Å². The third-order valence-corrected chi connectivity index (χ3v) is 5.79. The van der Waals surface area contributed by atoms with Crippen LogP contribution in [0.3, 0.4) is 0 Å². The Hall–Kier alpha value is -1.18. The number of benzene rings is 3. The number of nitrogens with one attached hydrogen (secondary N) is 1. The second-order valence-electron chi connectivity index (χ2n) is 5.89. The molecule has 0 saturated carbocycles. The lowest BCUT2D eigenvalue weighted by Gasteiger charge is -2.20. The number of carbonyl (C=O) groups excluding carboxylic acids is 1. The van der Waals surface area contributed by atoms with Crippen molar-refractivity contribution < 1.29 is 4.79 Å². The zero-order valence-corrected chi connectivity index (χ0v) is 19.1. The van der Waals surface area contributed by atoms with Crippen LogP contribution in [0.5, 0.6) is 0 Å². The Morgan fingerprint density at radius 3 is 1.96 bits per heavy atom. The molecule has 0 amide bonds. The zero-order chi connectivity index (χ0) is 18.5. The van der Waals surface area contributed by atoms with Crippen molar-refractivity contribution in [3.8, 4) is 0 Å². The Bertz CT molecular complexity index is 877. The smallest absolute Gasteiger partial charge is 0.165 e. The van der Waals surface area contributed by atoms with Gasteiger partial charge in [0.05, 0.1) is 6.04 Å². The van der Waals surface area contributed by atoms with E-state index in [-0.39, 0.29) is 11.8 Å². The summed E-state index contributed by atoms with van der Waals surface area (Å²) < 4.78 is 3.17. The summed E-state index contributed by atoms with van der Waals surface area (Å²) in [6.07, 6.45) is 0.384. The van der Waals surface area contributed by atoms with Crippen molar-refractivity contribution in [2.45, 2.75) is 12.5 Å². The van der Waals surface area contributed by atoms with Crippen LogP contribution in [0.2, 0.25) is 0 Å². The second-order valence-corrected chi connectivity index (χ2v) is 8.97. The van der Waals surface area contributed by atoms with Crippen LogP contribution in [-0.2, 0) is 0 Å². The van der Waals surface area contributed by atoms with Gasteiger partial charge >= 0.3 is 0 Å². The Labute approximate surface area is 183 Å². The van der Waals surface area contributed by atoms with Gasteiger partial charge in [-0.25, -0.2) is 0 Å². The topological polar surface area (TPSA) is 29.1 Å². The van der Waals surface area contributed by atoms with E-state index in [0.717, 1.165) is 25.8 Å². The molecule has 1 N–H and O–H groups in total. The fourth-order valence-electron chi connectivity index (χ4n) is 2.63. The SMILES string of the molecule is O=C(CC(Nc1ccc(I)cc1)c1ccc(Br)cc1)c1ccc(Br)cc1. The van der Waals surface area contributed by atoms with Crippen LogP contribution in [0.25, 0.3) is 0 Å². The fraction of sp³-hybridized carbons (Fsp3) is 0.0952. The Morgan fingerprint density at radius 2 is 1.38 bits per heavy atom. The summed E-state index contributed by atoms with van der Waals surface area (Å²) in [5.74, 6) is 0.114. The van der Waals surface area contributed by atoms with E-state index in [0.29, 0.717) is 6.42 Å². The maximum atomic E-state index is 12.8. The average molecular weight is 585 g/mol. The van der Waals surface area contributed by atoms with E-state index in [2.05, 4.69) is 71.9 Å². The van der Waals surface area contributed by atoms with Gasteiger partial charge in [-0.2, -0.15) is 0 Å². The normalized spacial score (nSPS) is 11.8. The lowest BCUT2D eigenvalue weighted by molar-refractivity contribution is 0.0976. The first-order valence-electron chi connectivity index (χ1n) is 8.07. The number of halogens is 3. The van der Waals surface area contributed by atoms with Gasteiger partial charge in [-0.05, 0) is 76.7 Å². The monoisotopic (exact) mass is 583 g/mol. The summed E-state index contributed by atoms with van der Waals surface area (Å²) in [5.41, 5.74) is 2.80. The summed E-state index contributed by atoms with van der Waals surface area (Å²) in [6.45, 7) is 0. The Morgan fingerprint density at radius 1 is 0.846 bits per heavy atom. The van der Waals surface area contributed by atoms with Crippen molar-refractivity contribution in [2.75, 3.05) is 5.32 Å². The van der Waals surface area contributed by atoms with Gasteiger partial charge in [-0.15, -0.1) is 0 Å². The molecule has 0 saturated heterocycles. The highest BCUT2D eigenvalue weighted by Crippen LogP contribution is 2.26. The first-order chi connectivity index (χ1) is 12.5. The molecule has 0 spiro atoms. The molecule has 5 heteroatoms. The molecular weight excluding hydrogens is 569 g/mol. The molecule has 1 atom stereocenters. The fourth-order valence-corrected chi connectivity index (χ4v) is 3.52. The van der Waals surface area contributed by atoms with Gasteiger partial charge in [0.1, 0.15) is 0 Å². The Kier molecular flexibility index (Phi) is 6.89. The van der Waals surface area contributed by atoms with Gasteiger partial charge in [0.25, 0.3) is 0 Å². The van der Waals surface area contributed by atoms with Crippen molar-refractivity contribution in [3.05, 3.63) is 96.4 Å². The quantitative estimate of drug-likeness (QED) is 0.244. The predicted molar refractivity (Wildman–Crippen MR) is 123 cm³/mol. The molecule has 26 heavy (non-hydrogen) atoms. The molecule has 3 aromatic rings. The average Bonchev–Trinajstić information content (AvgIpc) is 2.64. The van der Waals surface area contributed by atoms with E-state index in [1.165, 1.54) is 3.57 Å². The number of ketones is 1. The van der Waals surface area contributed by atoms with E-state index in [1.807, 2.05) is 60.7 Å². The number of carbonyl (C=O) groups is 1. The van der Waals surface area contributed by atoms with Crippen LogP contribution in [-0.4, -0.2) is 5.78 Å². The van der Waals surface area contributed by atoms with Crippen molar-refractivity contribution in [3.63, 3.8) is 0 Å². The first-order valence-corrected chi connectivity index (χ1v) is 10.7. The third kappa shape index (κ3) is 5.41. The van der Waals surface area contributed by atoms with E-state index in [4.69, 9.17) is 0 Å². The minimum atomic E-state index is -0.0979. The number of hydrogen-bond acceptors (Lipinski definition) is 2. The van der Waals surface area contributed by atoms with Gasteiger partial charge in [0.2, 0.25) is 0 Å². The molecule has 0 bridgehead atoms. The molecule has 0 aliphatic carbocycles. The van der Waals surface area contributed by atoms with Crippen molar-refractivity contribution in [1.29, 1.82) is 0 Å². The summed E-state index contributed by atoms with van der Waals surface area (Å²) in [7, 11) is 0. The number of rotatable bonds is 6. The molecule has 2 nitrogen and oxygen atoms in total. The van der Waals surface area contributed by atoms with Crippen molar-refractivity contribution in [1.82, 2.24) is 0 Å². The molecule has 3 rings (SSSR count). The van der Waals surface area contributed by atoms with E-state index in [9.17, 15) is 4.79 Å². The third-order valence-electron chi connectivity index (χ3n) is 4.01. The van der Waals surface area contributed by atoms with Crippen LogP contribution < -0.4 is 5.32 Å². The van der Waals surface area contributed by atoms with Gasteiger partial charge in [-0.1, -0.05) is 56.1 Å². The zero-order valence-electron chi connectivity index (χ0n) is 13.8. The number of Topliss-reactive ketones (excluding diaryl/α,β-unsaturated/α-hetero) is 1. The first kappa shape index (κ1) is 19.6. The highest BCUT2D eigenvalue weighted by Gasteiger charge is 2.17. The van der Waals surface area contributed by atoms with Crippen molar-refractivity contribution in [2.24, 2.45) is 0 Å². The Balaban J connectivity index is 1.84. The molecule has 0 aromatic heterocycles. The van der Waals surface area contributed by atoms with Gasteiger partial charge in [0, 0.05) is 30.2 Å². The van der Waals surface area contributed by atoms with Gasteiger partial charge < -0.3 is 5.32 Å². The van der Waals surface area contributed by atoms with Gasteiger partial charge in [-0.3, -0.25) is 4.79 Å². The predicted octanol–water partition coefficient (Wildman–Crippen LogP) is 7.24. The van der Waals surface area contributed by atoms with E-state index < -0.39 is 0 Å².